The molecule has 0 unspecified atom stereocenters. The number of rotatable bonds is 9. The van der Waals surface area contributed by atoms with Crippen molar-refractivity contribution in [1.82, 2.24) is 4.57 Å². The van der Waals surface area contributed by atoms with Gasteiger partial charge < -0.3 is 13.9 Å². The van der Waals surface area contributed by atoms with Crippen LogP contribution in [0.2, 0.25) is 0 Å². The second-order valence-corrected chi connectivity index (χ2v) is 13.7. The summed E-state index contributed by atoms with van der Waals surface area (Å²) in [4.78, 5) is 43.3. The van der Waals surface area contributed by atoms with Crippen molar-refractivity contribution in [1.29, 1.82) is 0 Å². The summed E-state index contributed by atoms with van der Waals surface area (Å²) in [5.41, 5.74) is 2.49. The van der Waals surface area contributed by atoms with Crippen LogP contribution in [0.1, 0.15) is 36.8 Å². The zero-order valence-corrected chi connectivity index (χ0v) is 30.1. The van der Waals surface area contributed by atoms with Crippen molar-refractivity contribution in [3.8, 4) is 17.1 Å². The summed E-state index contributed by atoms with van der Waals surface area (Å²) in [5.74, 6) is 0.792. The zero-order valence-electron chi connectivity index (χ0n) is 24.9. The van der Waals surface area contributed by atoms with E-state index in [0.29, 0.717) is 38.7 Å². The Morgan fingerprint density at radius 1 is 1.09 bits per heavy atom. The smallest absolute Gasteiger partial charge is 0.338 e. The molecule has 0 aliphatic carbocycles. The van der Waals surface area contributed by atoms with Gasteiger partial charge in [-0.2, -0.15) is 0 Å². The van der Waals surface area contributed by atoms with Crippen LogP contribution in [0.3, 0.4) is 0 Å². The number of non-ortho nitro benzene ring substituents is 1. The number of aromatic nitrogens is 1. The van der Waals surface area contributed by atoms with Crippen LogP contribution in [0.4, 0.5) is 5.69 Å². The Hall–Kier alpha value is -4.09. The number of hydrogen-bond acceptors (Lipinski definition) is 9. The van der Waals surface area contributed by atoms with Crippen LogP contribution in [0.5, 0.6) is 5.75 Å². The van der Waals surface area contributed by atoms with Crippen LogP contribution in [0, 0.1) is 17.3 Å². The molecule has 47 heavy (non-hydrogen) atoms. The summed E-state index contributed by atoms with van der Waals surface area (Å²) in [6.45, 7) is 3.96. The first-order chi connectivity index (χ1) is 22.6. The van der Waals surface area contributed by atoms with Gasteiger partial charge in [0.1, 0.15) is 29.9 Å². The Labute approximate surface area is 299 Å². The number of hydrogen-bond donors (Lipinski definition) is 0. The van der Waals surface area contributed by atoms with E-state index in [-0.39, 0.29) is 23.4 Å². The van der Waals surface area contributed by atoms with Crippen LogP contribution >= 0.6 is 56.5 Å². The second-order valence-electron chi connectivity index (χ2n) is 10.4. The summed E-state index contributed by atoms with van der Waals surface area (Å²) >= 11 is 5.67. The SMILES string of the molecule is CCOC(=O)C1=C(C)N=c2s/c(=C\c3cc(I)c(OCc4ccccc4)c(I)c3)c(=O)n2[C@@H]1c1ccc(-c2cccc([N+](=O)[O-])c2)o1. The molecule has 0 amide bonds. The van der Waals surface area contributed by atoms with E-state index in [9.17, 15) is 19.7 Å². The highest BCUT2D eigenvalue weighted by atomic mass is 127. The molecule has 6 rings (SSSR count). The van der Waals surface area contributed by atoms with E-state index in [1.54, 1.807) is 44.2 Å². The Bertz CT molecular complexity index is 2220. The largest absolute Gasteiger partial charge is 0.487 e. The van der Waals surface area contributed by atoms with Crippen LogP contribution in [-0.2, 0) is 16.1 Å². The molecular weight excluding hydrogens is 848 g/mol. The van der Waals surface area contributed by atoms with Crippen molar-refractivity contribution in [3.63, 3.8) is 0 Å². The minimum absolute atomic E-state index is 0.0866. The number of halogens is 2. The lowest BCUT2D eigenvalue weighted by Crippen LogP contribution is -2.39. The fraction of sp³-hybridized carbons (Fsp3) is 0.147. The molecule has 2 aromatic heterocycles. The van der Waals surface area contributed by atoms with E-state index in [0.717, 1.165) is 24.0 Å². The molecule has 1 atom stereocenters. The molecule has 3 heterocycles. The predicted octanol–water partition coefficient (Wildman–Crippen LogP) is 6.75. The summed E-state index contributed by atoms with van der Waals surface area (Å²) in [7, 11) is 0. The van der Waals surface area contributed by atoms with Gasteiger partial charge in [0.05, 0.1) is 34.5 Å². The number of nitrogens with zero attached hydrogens (tertiary/aromatic N) is 3. The molecule has 1 aliphatic rings. The molecule has 1 aliphatic heterocycles. The van der Waals surface area contributed by atoms with Crippen molar-refractivity contribution in [2.24, 2.45) is 4.99 Å². The van der Waals surface area contributed by atoms with Gasteiger partial charge in [0, 0.05) is 17.7 Å². The van der Waals surface area contributed by atoms with Gasteiger partial charge in [-0.25, -0.2) is 9.79 Å². The van der Waals surface area contributed by atoms with Gasteiger partial charge in [0.2, 0.25) is 0 Å². The number of nitro groups is 1. The lowest BCUT2D eigenvalue weighted by molar-refractivity contribution is -0.384. The molecule has 13 heteroatoms. The number of ether oxygens (including phenoxy) is 2. The van der Waals surface area contributed by atoms with Gasteiger partial charge in [0.25, 0.3) is 11.2 Å². The topological polar surface area (TPSA) is 126 Å². The van der Waals surface area contributed by atoms with Crippen LogP contribution < -0.4 is 19.6 Å². The number of allylic oxidation sites excluding steroid dienone is 1. The maximum absolute atomic E-state index is 14.1. The molecule has 0 saturated carbocycles. The third-order valence-electron chi connectivity index (χ3n) is 7.30. The Morgan fingerprint density at radius 3 is 2.53 bits per heavy atom. The number of thiazole rings is 1. The molecule has 0 radical (unpaired) electrons. The maximum atomic E-state index is 14.1. The summed E-state index contributed by atoms with van der Waals surface area (Å²) < 4.78 is 21.4. The molecule has 0 fully saturated rings. The van der Waals surface area contributed by atoms with Crippen LogP contribution in [0.15, 0.2) is 104 Å². The van der Waals surface area contributed by atoms with Gasteiger partial charge in [0.15, 0.2) is 4.80 Å². The first-order valence-electron chi connectivity index (χ1n) is 14.3. The van der Waals surface area contributed by atoms with Crippen molar-refractivity contribution < 1.29 is 23.6 Å². The van der Waals surface area contributed by atoms with Crippen molar-refractivity contribution >= 4 is 74.3 Å². The van der Waals surface area contributed by atoms with E-state index >= 15 is 0 Å². The van der Waals surface area contributed by atoms with Crippen LogP contribution in [0.25, 0.3) is 17.4 Å². The fourth-order valence-electron chi connectivity index (χ4n) is 5.17. The van der Waals surface area contributed by atoms with E-state index in [1.807, 2.05) is 42.5 Å². The highest BCUT2D eigenvalue weighted by Gasteiger charge is 2.35. The van der Waals surface area contributed by atoms with Gasteiger partial charge in [-0.15, -0.1) is 0 Å². The summed E-state index contributed by atoms with van der Waals surface area (Å²) in [6, 6.07) is 22.2. The number of benzene rings is 3. The van der Waals surface area contributed by atoms with Crippen molar-refractivity contribution in [2.45, 2.75) is 26.5 Å². The summed E-state index contributed by atoms with van der Waals surface area (Å²) in [6.07, 6.45) is 1.80. The molecule has 238 valence electrons. The average Bonchev–Trinajstić information content (AvgIpc) is 3.65. The van der Waals surface area contributed by atoms with E-state index in [1.165, 1.54) is 28.0 Å². The minimum atomic E-state index is -0.964. The first kappa shape index (κ1) is 32.8. The number of carbonyl (C=O) groups excluding carboxylic acids is 1. The first-order valence-corrected chi connectivity index (χ1v) is 17.3. The highest BCUT2D eigenvalue weighted by Crippen LogP contribution is 2.35. The number of furan rings is 1. The van der Waals surface area contributed by atoms with Gasteiger partial charge in [-0.05, 0) is 100 Å². The zero-order chi connectivity index (χ0) is 33.2. The molecule has 0 N–H and O–H groups in total. The van der Waals surface area contributed by atoms with Gasteiger partial charge >= 0.3 is 5.97 Å². The van der Waals surface area contributed by atoms with E-state index in [2.05, 4.69) is 50.2 Å². The highest BCUT2D eigenvalue weighted by molar-refractivity contribution is 14.1. The average molecular weight is 873 g/mol. The fourth-order valence-corrected chi connectivity index (χ4v) is 8.34. The van der Waals surface area contributed by atoms with Gasteiger partial charge in [-0.3, -0.25) is 19.5 Å². The normalized spacial score (nSPS) is 14.5. The number of carbonyl (C=O) groups is 1. The lowest BCUT2D eigenvalue weighted by atomic mass is 10.0. The quantitative estimate of drug-likeness (QED) is 0.0695. The molecule has 0 bridgehead atoms. The molecule has 10 nitrogen and oxygen atoms in total. The molecular formula is C34H25I2N3O7S. The minimum Gasteiger partial charge on any atom is -0.487 e. The lowest BCUT2D eigenvalue weighted by Gasteiger charge is -2.22. The second kappa shape index (κ2) is 13.9. The number of nitro benzene ring substituents is 1. The van der Waals surface area contributed by atoms with Crippen molar-refractivity contribution in [2.75, 3.05) is 6.61 Å². The number of fused-ring (bicyclic) bond motifs is 1. The molecule has 5 aromatic rings. The Balaban J connectivity index is 1.41. The van der Waals surface area contributed by atoms with E-state index < -0.39 is 16.9 Å². The maximum Gasteiger partial charge on any atom is 0.338 e. The van der Waals surface area contributed by atoms with E-state index in [4.69, 9.17) is 13.9 Å². The van der Waals surface area contributed by atoms with Gasteiger partial charge in [-0.1, -0.05) is 53.8 Å². The standard InChI is InChI=1S/C34H25I2N3O7S/c1-3-44-33(41)29-19(2)37-34-38(30(29)27-13-12-26(46-27)22-10-7-11-23(17-22)39(42)43)32(40)28(47-34)16-21-14-24(35)31(25(36)15-21)45-18-20-8-5-4-6-9-20/h4-17,30H,3,18H2,1-2H3/b28-16-/t30-/m1/s1. The van der Waals surface area contributed by atoms with Crippen molar-refractivity contribution in [3.05, 3.63) is 144 Å². The Kier molecular flexibility index (Phi) is 9.75. The third-order valence-corrected chi connectivity index (χ3v) is 9.88. The van der Waals surface area contributed by atoms with Crippen LogP contribution in [-0.4, -0.2) is 22.1 Å². The molecule has 0 spiro atoms. The third kappa shape index (κ3) is 6.82. The summed E-state index contributed by atoms with van der Waals surface area (Å²) in [5, 5.41) is 11.4. The number of esters is 1. The monoisotopic (exact) mass is 873 g/mol. The Morgan fingerprint density at radius 2 is 1.83 bits per heavy atom. The molecule has 3 aromatic carbocycles. The molecule has 0 saturated heterocycles. The predicted molar refractivity (Wildman–Crippen MR) is 194 cm³/mol.